The summed E-state index contributed by atoms with van der Waals surface area (Å²) in [6, 6.07) is 5.99. The van der Waals surface area contributed by atoms with Crippen LogP contribution in [0.5, 0.6) is 0 Å². The van der Waals surface area contributed by atoms with Crippen molar-refractivity contribution in [3.63, 3.8) is 0 Å². The van der Waals surface area contributed by atoms with E-state index in [1.807, 2.05) is 10.9 Å². The van der Waals surface area contributed by atoms with Crippen LogP contribution in [0, 0.1) is 5.82 Å². The second-order valence-corrected chi connectivity index (χ2v) is 5.15. The molecule has 0 atom stereocenters. The molecule has 2 N–H and O–H groups in total. The van der Waals surface area contributed by atoms with Gasteiger partial charge in [-0.2, -0.15) is 5.10 Å². The Morgan fingerprint density at radius 2 is 2.19 bits per heavy atom. The number of rotatable bonds is 3. The number of benzene rings is 1. The number of hydrogen-bond donors (Lipinski definition) is 2. The average molecular weight is 288 g/mol. The molecular formula is C15H17FN4O. The monoisotopic (exact) mass is 288 g/mol. The van der Waals surface area contributed by atoms with Gasteiger partial charge < -0.3 is 10.6 Å². The molecule has 2 heterocycles. The van der Waals surface area contributed by atoms with Gasteiger partial charge in [-0.3, -0.25) is 9.48 Å². The number of aromatic nitrogens is 2. The van der Waals surface area contributed by atoms with Crippen LogP contribution in [0.15, 0.2) is 36.7 Å². The summed E-state index contributed by atoms with van der Waals surface area (Å²) in [6.07, 6.45) is 5.50. The van der Waals surface area contributed by atoms with Crippen molar-refractivity contribution in [1.29, 1.82) is 0 Å². The third-order valence-electron chi connectivity index (χ3n) is 3.63. The van der Waals surface area contributed by atoms with E-state index in [-0.39, 0.29) is 5.91 Å². The van der Waals surface area contributed by atoms with Gasteiger partial charge in [-0.05, 0) is 44.1 Å². The Bertz CT molecular complexity index is 634. The first kappa shape index (κ1) is 13.8. The first-order valence-electron chi connectivity index (χ1n) is 7.04. The molecule has 0 bridgehead atoms. The quantitative estimate of drug-likeness (QED) is 0.910. The maximum Gasteiger partial charge on any atom is 0.255 e. The predicted octanol–water partition coefficient (Wildman–Crippen LogP) is 2.20. The highest BCUT2D eigenvalue weighted by molar-refractivity contribution is 6.04. The number of hydrogen-bond acceptors (Lipinski definition) is 3. The Morgan fingerprint density at radius 1 is 1.38 bits per heavy atom. The van der Waals surface area contributed by atoms with Crippen molar-refractivity contribution in [3.8, 4) is 0 Å². The van der Waals surface area contributed by atoms with E-state index in [0.717, 1.165) is 25.9 Å². The van der Waals surface area contributed by atoms with E-state index in [9.17, 15) is 9.18 Å². The smallest absolute Gasteiger partial charge is 0.255 e. The van der Waals surface area contributed by atoms with Gasteiger partial charge in [-0.1, -0.05) is 6.07 Å². The van der Waals surface area contributed by atoms with Crippen molar-refractivity contribution in [1.82, 2.24) is 15.1 Å². The highest BCUT2D eigenvalue weighted by atomic mass is 19.1. The number of nitrogens with zero attached hydrogens (tertiary/aromatic N) is 2. The first-order valence-corrected chi connectivity index (χ1v) is 7.04. The van der Waals surface area contributed by atoms with Crippen molar-refractivity contribution >= 4 is 11.6 Å². The summed E-state index contributed by atoms with van der Waals surface area (Å²) in [4.78, 5) is 12.0. The van der Waals surface area contributed by atoms with E-state index in [2.05, 4.69) is 15.7 Å². The number of piperidine rings is 1. The number of halogens is 1. The molecule has 0 aliphatic carbocycles. The van der Waals surface area contributed by atoms with Crippen molar-refractivity contribution < 1.29 is 9.18 Å². The van der Waals surface area contributed by atoms with Gasteiger partial charge in [0.15, 0.2) is 0 Å². The molecule has 1 fully saturated rings. The van der Waals surface area contributed by atoms with Crippen LogP contribution in [0.1, 0.15) is 29.2 Å². The zero-order chi connectivity index (χ0) is 14.7. The second-order valence-electron chi connectivity index (χ2n) is 5.15. The minimum atomic E-state index is -0.423. The summed E-state index contributed by atoms with van der Waals surface area (Å²) in [5, 5.41) is 10.3. The molecule has 5 nitrogen and oxygen atoms in total. The lowest BCUT2D eigenvalue weighted by atomic mass is 10.1. The van der Waals surface area contributed by atoms with Gasteiger partial charge in [0.25, 0.3) is 5.91 Å². The average Bonchev–Trinajstić information content (AvgIpc) is 2.97. The lowest BCUT2D eigenvalue weighted by Gasteiger charge is -2.22. The Kier molecular flexibility index (Phi) is 3.96. The highest BCUT2D eigenvalue weighted by Crippen LogP contribution is 2.19. The van der Waals surface area contributed by atoms with Crippen LogP contribution >= 0.6 is 0 Å². The lowest BCUT2D eigenvalue weighted by Crippen LogP contribution is -2.29. The third-order valence-corrected chi connectivity index (χ3v) is 3.63. The number of nitrogens with one attached hydrogen (secondary N) is 2. The van der Waals surface area contributed by atoms with E-state index in [1.165, 1.54) is 18.2 Å². The van der Waals surface area contributed by atoms with Crippen LogP contribution in [-0.2, 0) is 0 Å². The van der Waals surface area contributed by atoms with Gasteiger partial charge in [0.2, 0.25) is 0 Å². The fourth-order valence-electron chi connectivity index (χ4n) is 2.51. The molecule has 110 valence electrons. The summed E-state index contributed by atoms with van der Waals surface area (Å²) in [6.45, 7) is 1.96. The van der Waals surface area contributed by atoms with Crippen LogP contribution in [-0.4, -0.2) is 28.8 Å². The maximum absolute atomic E-state index is 13.1. The molecule has 0 saturated carbocycles. The summed E-state index contributed by atoms with van der Waals surface area (Å²) in [5.74, 6) is -0.757. The molecule has 0 spiro atoms. The molecule has 3 rings (SSSR count). The number of anilines is 1. The van der Waals surface area contributed by atoms with Gasteiger partial charge in [-0.25, -0.2) is 4.39 Å². The van der Waals surface area contributed by atoms with E-state index in [4.69, 9.17) is 0 Å². The largest absolute Gasteiger partial charge is 0.319 e. The molecule has 1 aliphatic heterocycles. The topological polar surface area (TPSA) is 59.0 Å². The summed E-state index contributed by atoms with van der Waals surface area (Å²) < 4.78 is 15.0. The van der Waals surface area contributed by atoms with Crippen molar-refractivity contribution in [3.05, 3.63) is 48.0 Å². The molecule has 0 radical (unpaired) electrons. The Hall–Kier alpha value is -2.21. The molecule has 1 aliphatic rings. The van der Waals surface area contributed by atoms with Gasteiger partial charge in [0.1, 0.15) is 5.82 Å². The van der Waals surface area contributed by atoms with E-state index >= 15 is 0 Å². The van der Waals surface area contributed by atoms with Crippen LogP contribution in [0.3, 0.4) is 0 Å². The van der Waals surface area contributed by atoms with Gasteiger partial charge >= 0.3 is 0 Å². The summed E-state index contributed by atoms with van der Waals surface area (Å²) in [5.41, 5.74) is 0.924. The fourth-order valence-corrected chi connectivity index (χ4v) is 2.51. The first-order chi connectivity index (χ1) is 10.2. The standard InChI is InChI=1S/C15H17FN4O/c16-12-3-1-2-11(8-12)15(21)19-13-9-18-20(10-13)14-4-6-17-7-5-14/h1-3,8-10,14,17H,4-7H2,(H,19,21). The van der Waals surface area contributed by atoms with E-state index in [0.29, 0.717) is 17.3 Å². The van der Waals surface area contributed by atoms with Crippen LogP contribution in [0.25, 0.3) is 0 Å². The van der Waals surface area contributed by atoms with E-state index in [1.54, 1.807) is 12.3 Å². The highest BCUT2D eigenvalue weighted by Gasteiger charge is 2.16. The van der Waals surface area contributed by atoms with Crippen LogP contribution in [0.4, 0.5) is 10.1 Å². The number of carbonyl (C=O) groups is 1. The van der Waals surface area contributed by atoms with Crippen LogP contribution < -0.4 is 10.6 Å². The predicted molar refractivity (Wildman–Crippen MR) is 77.7 cm³/mol. The molecule has 1 aromatic carbocycles. The summed E-state index contributed by atoms with van der Waals surface area (Å²) in [7, 11) is 0. The maximum atomic E-state index is 13.1. The zero-order valence-electron chi connectivity index (χ0n) is 11.6. The molecule has 0 unspecified atom stereocenters. The molecule has 21 heavy (non-hydrogen) atoms. The van der Waals surface area contributed by atoms with Gasteiger partial charge in [0.05, 0.1) is 17.9 Å². The molecule has 2 aromatic rings. The van der Waals surface area contributed by atoms with Gasteiger partial charge in [0, 0.05) is 11.8 Å². The minimum absolute atomic E-state index is 0.296. The Morgan fingerprint density at radius 3 is 2.95 bits per heavy atom. The number of amides is 1. The van der Waals surface area contributed by atoms with Crippen molar-refractivity contribution in [2.24, 2.45) is 0 Å². The summed E-state index contributed by atoms with van der Waals surface area (Å²) >= 11 is 0. The molecule has 6 heteroatoms. The number of carbonyl (C=O) groups excluding carboxylic acids is 1. The minimum Gasteiger partial charge on any atom is -0.319 e. The fraction of sp³-hybridized carbons (Fsp3) is 0.333. The van der Waals surface area contributed by atoms with Crippen molar-refractivity contribution in [2.75, 3.05) is 18.4 Å². The van der Waals surface area contributed by atoms with Crippen molar-refractivity contribution in [2.45, 2.75) is 18.9 Å². The van der Waals surface area contributed by atoms with Gasteiger partial charge in [-0.15, -0.1) is 0 Å². The Balaban J connectivity index is 1.68. The molecule has 1 aromatic heterocycles. The SMILES string of the molecule is O=C(Nc1cnn(C2CCNCC2)c1)c1cccc(F)c1. The third kappa shape index (κ3) is 3.28. The lowest BCUT2D eigenvalue weighted by molar-refractivity contribution is 0.102. The van der Waals surface area contributed by atoms with Crippen LogP contribution in [0.2, 0.25) is 0 Å². The second kappa shape index (κ2) is 6.05. The Labute approximate surface area is 122 Å². The normalized spacial score (nSPS) is 15.9. The molecule has 1 saturated heterocycles. The molecular weight excluding hydrogens is 271 g/mol. The van der Waals surface area contributed by atoms with E-state index < -0.39 is 5.82 Å². The zero-order valence-corrected chi connectivity index (χ0v) is 11.6. The molecule has 1 amide bonds.